The van der Waals surface area contributed by atoms with Crippen molar-refractivity contribution < 1.29 is 4.74 Å². The summed E-state index contributed by atoms with van der Waals surface area (Å²) in [5, 5.41) is 3.65. The van der Waals surface area contributed by atoms with Crippen LogP contribution in [0.2, 0.25) is 0 Å². The van der Waals surface area contributed by atoms with E-state index >= 15 is 0 Å². The van der Waals surface area contributed by atoms with E-state index in [9.17, 15) is 0 Å². The molecule has 2 rings (SSSR count). The first-order chi connectivity index (χ1) is 12.1. The Morgan fingerprint density at radius 1 is 1.08 bits per heavy atom. The van der Waals surface area contributed by atoms with Gasteiger partial charge in [-0.15, -0.1) is 24.0 Å². The molecule has 0 aromatic heterocycles. The number of ether oxygens (including phenoxy) is 1. The van der Waals surface area contributed by atoms with Gasteiger partial charge in [0.2, 0.25) is 0 Å². The van der Waals surface area contributed by atoms with Gasteiger partial charge in [-0.05, 0) is 58.0 Å². The van der Waals surface area contributed by atoms with Gasteiger partial charge in [-0.25, -0.2) is 0 Å². The monoisotopic (exact) mass is 480 g/mol. The predicted octanol–water partition coefficient (Wildman–Crippen LogP) is 3.44. The van der Waals surface area contributed by atoms with E-state index in [1.165, 1.54) is 51.4 Å². The Morgan fingerprint density at radius 3 is 2.31 bits per heavy atom. The summed E-state index contributed by atoms with van der Waals surface area (Å²) in [6.45, 7) is 3.94. The molecule has 1 saturated heterocycles. The van der Waals surface area contributed by atoms with E-state index < -0.39 is 0 Å². The van der Waals surface area contributed by atoms with Crippen LogP contribution in [0.1, 0.15) is 51.4 Å². The second kappa shape index (κ2) is 13.2. The summed E-state index contributed by atoms with van der Waals surface area (Å²) in [6.07, 6.45) is 10.6. The van der Waals surface area contributed by atoms with Crippen molar-refractivity contribution >= 4 is 29.9 Å². The summed E-state index contributed by atoms with van der Waals surface area (Å²) in [5.74, 6) is 2.67. The molecule has 154 valence electrons. The van der Waals surface area contributed by atoms with E-state index in [2.05, 4.69) is 41.3 Å². The molecule has 2 fully saturated rings. The van der Waals surface area contributed by atoms with Gasteiger partial charge in [0.1, 0.15) is 0 Å². The van der Waals surface area contributed by atoms with E-state index in [4.69, 9.17) is 4.74 Å². The molecule has 6 heteroatoms. The van der Waals surface area contributed by atoms with E-state index in [0.717, 1.165) is 44.1 Å². The Hall–Kier alpha value is -0.0800. The summed E-state index contributed by atoms with van der Waals surface area (Å²) < 4.78 is 5.47. The van der Waals surface area contributed by atoms with E-state index in [1.54, 1.807) is 0 Å². The zero-order chi connectivity index (χ0) is 18.1. The van der Waals surface area contributed by atoms with Crippen LogP contribution >= 0.6 is 24.0 Å². The first-order valence-electron chi connectivity index (χ1n) is 10.3. The highest BCUT2D eigenvalue weighted by molar-refractivity contribution is 14.0. The minimum absolute atomic E-state index is 0. The maximum absolute atomic E-state index is 5.47. The van der Waals surface area contributed by atoms with Crippen LogP contribution in [0.4, 0.5) is 0 Å². The minimum atomic E-state index is 0. The van der Waals surface area contributed by atoms with Crippen molar-refractivity contribution in [2.75, 3.05) is 54.5 Å². The fourth-order valence-corrected chi connectivity index (χ4v) is 4.39. The number of nitrogens with zero attached hydrogens (tertiary/aromatic N) is 3. The molecule has 5 nitrogen and oxygen atoms in total. The summed E-state index contributed by atoms with van der Waals surface area (Å²) in [7, 11) is 8.51. The third kappa shape index (κ3) is 7.89. The lowest BCUT2D eigenvalue weighted by Gasteiger charge is -2.36. The van der Waals surface area contributed by atoms with Crippen molar-refractivity contribution in [2.24, 2.45) is 16.8 Å². The largest absolute Gasteiger partial charge is 0.381 e. The van der Waals surface area contributed by atoms with Gasteiger partial charge in [-0.1, -0.05) is 19.3 Å². The normalized spacial score (nSPS) is 21.3. The van der Waals surface area contributed by atoms with Crippen molar-refractivity contribution in [3.8, 4) is 0 Å². The van der Waals surface area contributed by atoms with Gasteiger partial charge in [0.25, 0.3) is 0 Å². The first kappa shape index (κ1) is 24.0. The molecular formula is C20H41IN4O. The van der Waals surface area contributed by atoms with E-state index in [1.807, 2.05) is 7.05 Å². The number of guanidine groups is 1. The number of likely N-dealkylation sites (N-methyl/N-ethyl adjacent to an activating group) is 1. The van der Waals surface area contributed by atoms with Crippen LogP contribution < -0.4 is 5.32 Å². The lowest BCUT2D eigenvalue weighted by molar-refractivity contribution is 0.0625. The van der Waals surface area contributed by atoms with Crippen molar-refractivity contribution in [1.82, 2.24) is 15.1 Å². The second-order valence-electron chi connectivity index (χ2n) is 8.12. The molecule has 1 atom stereocenters. The van der Waals surface area contributed by atoms with Crippen LogP contribution in [0.3, 0.4) is 0 Å². The molecule has 1 aliphatic heterocycles. The lowest BCUT2D eigenvalue weighted by atomic mass is 9.83. The number of halogens is 1. The molecule has 1 heterocycles. The van der Waals surface area contributed by atoms with Crippen molar-refractivity contribution in [3.05, 3.63) is 0 Å². The molecule has 1 N–H and O–H groups in total. The highest BCUT2D eigenvalue weighted by Gasteiger charge is 2.25. The van der Waals surface area contributed by atoms with Crippen molar-refractivity contribution in [3.63, 3.8) is 0 Å². The lowest BCUT2D eigenvalue weighted by Crippen LogP contribution is -2.49. The Kier molecular flexibility index (Phi) is 12.1. The van der Waals surface area contributed by atoms with Gasteiger partial charge in [-0.3, -0.25) is 4.99 Å². The third-order valence-corrected chi connectivity index (χ3v) is 6.11. The van der Waals surface area contributed by atoms with Crippen molar-refractivity contribution in [1.29, 1.82) is 0 Å². The van der Waals surface area contributed by atoms with Crippen LogP contribution in [0.25, 0.3) is 0 Å². The molecule has 2 aliphatic rings. The summed E-state index contributed by atoms with van der Waals surface area (Å²) in [5.41, 5.74) is 0. The van der Waals surface area contributed by atoms with Gasteiger partial charge in [0, 0.05) is 46.4 Å². The molecule has 0 aromatic carbocycles. The van der Waals surface area contributed by atoms with Gasteiger partial charge in [0.15, 0.2) is 5.96 Å². The molecule has 0 radical (unpaired) electrons. The topological polar surface area (TPSA) is 40.1 Å². The van der Waals surface area contributed by atoms with Crippen molar-refractivity contribution in [2.45, 2.75) is 57.4 Å². The standard InChI is InChI=1S/C20H40N4O.HI/c1-21-20(24(4)13-10-17-11-14-25-15-12-17)22-16-19(23(2)3)18-8-6-5-7-9-18;/h17-19H,5-16H2,1-4H3,(H,21,22);1H. The Morgan fingerprint density at radius 2 is 1.73 bits per heavy atom. The first-order valence-corrected chi connectivity index (χ1v) is 10.3. The van der Waals surface area contributed by atoms with Crippen LogP contribution in [0.5, 0.6) is 0 Å². The molecule has 1 saturated carbocycles. The molecular weight excluding hydrogens is 439 g/mol. The second-order valence-corrected chi connectivity index (χ2v) is 8.12. The highest BCUT2D eigenvalue weighted by atomic mass is 127. The molecule has 26 heavy (non-hydrogen) atoms. The van der Waals surface area contributed by atoms with Gasteiger partial charge in [0.05, 0.1) is 0 Å². The maximum atomic E-state index is 5.47. The summed E-state index contributed by atoms with van der Waals surface area (Å²) >= 11 is 0. The third-order valence-electron chi connectivity index (χ3n) is 6.11. The fraction of sp³-hybridized carbons (Fsp3) is 0.950. The van der Waals surface area contributed by atoms with Gasteiger partial charge < -0.3 is 19.9 Å². The zero-order valence-corrected chi connectivity index (χ0v) is 19.7. The average molecular weight is 480 g/mol. The van der Waals surface area contributed by atoms with Gasteiger partial charge >= 0.3 is 0 Å². The number of rotatable bonds is 7. The van der Waals surface area contributed by atoms with Gasteiger partial charge in [-0.2, -0.15) is 0 Å². The summed E-state index contributed by atoms with van der Waals surface area (Å²) in [4.78, 5) is 9.21. The minimum Gasteiger partial charge on any atom is -0.381 e. The molecule has 0 aromatic rings. The van der Waals surface area contributed by atoms with E-state index in [0.29, 0.717) is 6.04 Å². The molecule has 0 spiro atoms. The van der Waals surface area contributed by atoms with Crippen LogP contribution in [0.15, 0.2) is 4.99 Å². The quantitative estimate of drug-likeness (QED) is 0.344. The number of hydrogen-bond donors (Lipinski definition) is 1. The Balaban J connectivity index is 0.00000338. The summed E-state index contributed by atoms with van der Waals surface area (Å²) in [6, 6.07) is 0.598. The van der Waals surface area contributed by atoms with Crippen LogP contribution in [-0.2, 0) is 4.74 Å². The number of hydrogen-bond acceptors (Lipinski definition) is 3. The molecule has 1 unspecified atom stereocenters. The number of aliphatic imine (C=N–C) groups is 1. The van der Waals surface area contributed by atoms with E-state index in [-0.39, 0.29) is 24.0 Å². The number of nitrogens with one attached hydrogen (secondary N) is 1. The molecule has 1 aliphatic carbocycles. The maximum Gasteiger partial charge on any atom is 0.193 e. The molecule has 0 bridgehead atoms. The Labute approximate surface area is 178 Å². The fourth-order valence-electron chi connectivity index (χ4n) is 4.39. The average Bonchev–Trinajstić information content (AvgIpc) is 2.64. The highest BCUT2D eigenvalue weighted by Crippen LogP contribution is 2.28. The predicted molar refractivity (Wildman–Crippen MR) is 122 cm³/mol. The Bertz CT molecular complexity index is 393. The van der Waals surface area contributed by atoms with Crippen LogP contribution in [-0.4, -0.2) is 76.3 Å². The molecule has 0 amide bonds. The van der Waals surface area contributed by atoms with Crippen LogP contribution in [0, 0.1) is 11.8 Å². The SMILES string of the molecule is CN=C(NCC(C1CCCCC1)N(C)C)N(C)CCC1CCOCC1.I. The smallest absolute Gasteiger partial charge is 0.193 e. The zero-order valence-electron chi connectivity index (χ0n) is 17.4.